The first-order valence-corrected chi connectivity index (χ1v) is 9.64. The molecule has 2 atom stereocenters. The number of benzene rings is 2. The van der Waals surface area contributed by atoms with E-state index in [4.69, 9.17) is 23.2 Å². The van der Waals surface area contributed by atoms with Gasteiger partial charge in [-0.3, -0.25) is 9.59 Å². The van der Waals surface area contributed by atoms with Crippen LogP contribution in [0.4, 0.5) is 11.4 Å². The van der Waals surface area contributed by atoms with Crippen molar-refractivity contribution in [2.24, 2.45) is 11.8 Å². The van der Waals surface area contributed by atoms with Crippen molar-refractivity contribution in [3.63, 3.8) is 0 Å². The van der Waals surface area contributed by atoms with Gasteiger partial charge in [-0.15, -0.1) is 0 Å². The molecule has 1 aliphatic carbocycles. The molecule has 0 radical (unpaired) electrons. The van der Waals surface area contributed by atoms with Crippen LogP contribution in [0.1, 0.15) is 23.2 Å². The number of carbonyl (C=O) groups is 3. The predicted octanol–water partition coefficient (Wildman–Crippen LogP) is 3.52. The van der Waals surface area contributed by atoms with Crippen LogP contribution in [0.5, 0.6) is 0 Å². The van der Waals surface area contributed by atoms with E-state index in [1.54, 1.807) is 48.6 Å². The Morgan fingerprint density at radius 2 is 1.59 bits per heavy atom. The fourth-order valence-corrected chi connectivity index (χ4v) is 3.45. The van der Waals surface area contributed by atoms with Crippen molar-refractivity contribution in [3.8, 4) is 0 Å². The summed E-state index contributed by atoms with van der Waals surface area (Å²) in [7, 11) is 0. The molecule has 0 spiro atoms. The standard InChI is InChI=1S/C21H18Cl2N2O4/c22-16-10-9-12(11-17(16)23)24-20(27)15-7-3-4-8-18(15)25-19(26)13-5-1-2-6-14(13)21(28)29/h1-4,7-11,13-14H,5-6H2,(H,24,27)(H,25,26)(H,28,29)/p-1/t13-,14-/m0/s1. The molecule has 2 aromatic carbocycles. The fraction of sp³-hybridized carbons (Fsp3) is 0.190. The number of hydrogen-bond donors (Lipinski definition) is 2. The smallest absolute Gasteiger partial charge is 0.257 e. The summed E-state index contributed by atoms with van der Waals surface area (Å²) in [5.41, 5.74) is 0.949. The molecular weight excluding hydrogens is 415 g/mol. The van der Waals surface area contributed by atoms with Gasteiger partial charge in [0.25, 0.3) is 5.91 Å². The van der Waals surface area contributed by atoms with Gasteiger partial charge in [-0.2, -0.15) is 0 Å². The molecule has 0 heterocycles. The molecule has 0 fully saturated rings. The highest BCUT2D eigenvalue weighted by Crippen LogP contribution is 2.28. The van der Waals surface area contributed by atoms with Gasteiger partial charge in [-0.1, -0.05) is 47.5 Å². The van der Waals surface area contributed by atoms with Crippen LogP contribution in [-0.4, -0.2) is 17.8 Å². The normalized spacial score (nSPS) is 18.1. The third-order valence-corrected chi connectivity index (χ3v) is 5.42. The number of carbonyl (C=O) groups excluding carboxylic acids is 3. The Hall–Kier alpha value is -2.83. The Morgan fingerprint density at radius 3 is 2.28 bits per heavy atom. The van der Waals surface area contributed by atoms with Gasteiger partial charge in [0.15, 0.2) is 0 Å². The van der Waals surface area contributed by atoms with Crippen molar-refractivity contribution in [1.29, 1.82) is 0 Å². The molecule has 8 heteroatoms. The van der Waals surface area contributed by atoms with Crippen LogP contribution in [0.15, 0.2) is 54.6 Å². The zero-order valence-electron chi connectivity index (χ0n) is 15.2. The van der Waals surface area contributed by atoms with Crippen molar-refractivity contribution in [2.45, 2.75) is 12.8 Å². The number of anilines is 2. The third-order valence-electron chi connectivity index (χ3n) is 4.68. The summed E-state index contributed by atoms with van der Waals surface area (Å²) in [6.07, 6.45) is 4.03. The summed E-state index contributed by atoms with van der Waals surface area (Å²) < 4.78 is 0. The molecule has 0 aromatic heterocycles. The van der Waals surface area contributed by atoms with E-state index in [1.165, 1.54) is 6.07 Å². The Morgan fingerprint density at radius 1 is 0.897 bits per heavy atom. The highest BCUT2D eigenvalue weighted by Gasteiger charge is 2.30. The average Bonchev–Trinajstić information content (AvgIpc) is 2.71. The maximum Gasteiger partial charge on any atom is 0.257 e. The molecule has 2 N–H and O–H groups in total. The number of aliphatic carboxylic acids is 1. The molecule has 0 aliphatic heterocycles. The van der Waals surface area contributed by atoms with Gasteiger partial charge in [0.2, 0.25) is 5.91 Å². The summed E-state index contributed by atoms with van der Waals surface area (Å²) >= 11 is 11.9. The Labute approximate surface area is 177 Å². The summed E-state index contributed by atoms with van der Waals surface area (Å²) in [4.78, 5) is 36.7. The molecular formula is C21H17Cl2N2O4-. The summed E-state index contributed by atoms with van der Waals surface area (Å²) in [5, 5.41) is 17.4. The topological polar surface area (TPSA) is 98.3 Å². The largest absolute Gasteiger partial charge is 0.550 e. The maximum atomic E-state index is 12.7. The summed E-state index contributed by atoms with van der Waals surface area (Å²) in [6, 6.07) is 11.1. The Bertz CT molecular complexity index is 990. The van der Waals surface area contributed by atoms with Gasteiger partial charge in [0.05, 0.1) is 27.2 Å². The Kier molecular flexibility index (Phi) is 6.56. The van der Waals surface area contributed by atoms with Crippen LogP contribution < -0.4 is 15.7 Å². The van der Waals surface area contributed by atoms with Crippen molar-refractivity contribution >= 4 is 52.4 Å². The van der Waals surface area contributed by atoms with E-state index in [2.05, 4.69) is 10.6 Å². The lowest BCUT2D eigenvalue weighted by Crippen LogP contribution is -2.41. The molecule has 6 nitrogen and oxygen atoms in total. The van der Waals surface area contributed by atoms with Crippen LogP contribution in [0.2, 0.25) is 10.0 Å². The van der Waals surface area contributed by atoms with Crippen LogP contribution in [0.25, 0.3) is 0 Å². The van der Waals surface area contributed by atoms with Gasteiger partial charge in [0, 0.05) is 17.6 Å². The predicted molar refractivity (Wildman–Crippen MR) is 110 cm³/mol. The fourth-order valence-electron chi connectivity index (χ4n) is 3.15. The average molecular weight is 432 g/mol. The number of carboxylic acid groups (broad SMARTS) is 1. The number of hydrogen-bond acceptors (Lipinski definition) is 4. The number of nitrogens with one attached hydrogen (secondary N) is 2. The van der Waals surface area contributed by atoms with E-state index in [0.717, 1.165) is 0 Å². The monoisotopic (exact) mass is 431 g/mol. The first-order valence-electron chi connectivity index (χ1n) is 8.89. The summed E-state index contributed by atoms with van der Waals surface area (Å²) in [6.45, 7) is 0. The number of carboxylic acids is 1. The first kappa shape index (κ1) is 20.9. The molecule has 0 saturated carbocycles. The van der Waals surface area contributed by atoms with E-state index >= 15 is 0 Å². The van der Waals surface area contributed by atoms with Crippen molar-refractivity contribution in [3.05, 3.63) is 70.2 Å². The van der Waals surface area contributed by atoms with Gasteiger partial charge in [-0.05, 0) is 43.2 Å². The van der Waals surface area contributed by atoms with Crippen molar-refractivity contribution < 1.29 is 19.5 Å². The van der Waals surface area contributed by atoms with E-state index in [1.807, 2.05) is 0 Å². The number of rotatable bonds is 5. The second-order valence-corrected chi connectivity index (χ2v) is 7.41. The highest BCUT2D eigenvalue weighted by atomic mass is 35.5. The van der Waals surface area contributed by atoms with E-state index < -0.39 is 29.6 Å². The minimum absolute atomic E-state index is 0.225. The van der Waals surface area contributed by atoms with Crippen molar-refractivity contribution in [1.82, 2.24) is 0 Å². The molecule has 2 aromatic rings. The van der Waals surface area contributed by atoms with Crippen molar-refractivity contribution in [2.75, 3.05) is 10.6 Å². The SMILES string of the molecule is O=C(Nc1ccc(Cl)c(Cl)c1)c1ccccc1NC(=O)[C@H]1CC=CC[C@@H]1C(=O)[O-]. The lowest BCUT2D eigenvalue weighted by molar-refractivity contribution is -0.313. The second-order valence-electron chi connectivity index (χ2n) is 6.59. The van der Waals surface area contributed by atoms with Gasteiger partial charge >= 0.3 is 0 Å². The first-order chi connectivity index (χ1) is 13.9. The lowest BCUT2D eigenvalue weighted by atomic mass is 9.82. The maximum absolute atomic E-state index is 12.7. The lowest BCUT2D eigenvalue weighted by Gasteiger charge is -2.28. The van der Waals surface area contributed by atoms with Gasteiger partial charge in [-0.25, -0.2) is 0 Å². The van der Waals surface area contributed by atoms with Crippen LogP contribution >= 0.6 is 23.2 Å². The van der Waals surface area contributed by atoms with Crippen LogP contribution in [0, 0.1) is 11.8 Å². The number of allylic oxidation sites excluding steroid dienone is 2. The van der Waals surface area contributed by atoms with E-state index in [9.17, 15) is 19.5 Å². The molecule has 1 aliphatic rings. The van der Waals surface area contributed by atoms with Gasteiger partial charge < -0.3 is 20.5 Å². The molecule has 0 unspecified atom stereocenters. The van der Waals surface area contributed by atoms with Crippen LogP contribution in [0.3, 0.4) is 0 Å². The van der Waals surface area contributed by atoms with E-state index in [0.29, 0.717) is 22.2 Å². The molecule has 3 rings (SSSR count). The highest BCUT2D eigenvalue weighted by molar-refractivity contribution is 6.42. The zero-order valence-corrected chi connectivity index (χ0v) is 16.7. The second kappa shape index (κ2) is 9.11. The molecule has 0 bridgehead atoms. The number of amides is 2. The molecule has 0 saturated heterocycles. The molecule has 2 amide bonds. The number of halogens is 2. The third kappa shape index (κ3) is 4.96. The van der Waals surface area contributed by atoms with Gasteiger partial charge in [0.1, 0.15) is 0 Å². The molecule has 150 valence electrons. The zero-order chi connectivity index (χ0) is 21.0. The minimum Gasteiger partial charge on any atom is -0.550 e. The van der Waals surface area contributed by atoms with Crippen LogP contribution in [-0.2, 0) is 9.59 Å². The quantitative estimate of drug-likeness (QED) is 0.707. The summed E-state index contributed by atoms with van der Waals surface area (Å²) in [5.74, 6) is -3.87. The Balaban J connectivity index is 1.78. The van der Waals surface area contributed by atoms with E-state index in [-0.39, 0.29) is 17.7 Å². The molecule has 29 heavy (non-hydrogen) atoms. The number of para-hydroxylation sites is 1. The minimum atomic E-state index is -1.26.